The third kappa shape index (κ3) is 2.21. The van der Waals surface area contributed by atoms with Crippen molar-refractivity contribution in [1.82, 2.24) is 0 Å². The first-order chi connectivity index (χ1) is 6.29. The van der Waals surface area contributed by atoms with Gasteiger partial charge in [-0.1, -0.05) is 13.3 Å². The second-order valence-corrected chi connectivity index (χ2v) is 5.58. The lowest BCUT2D eigenvalue weighted by Crippen LogP contribution is -2.11. The lowest BCUT2D eigenvalue weighted by molar-refractivity contribution is 0.295. The molecule has 0 aliphatic heterocycles. The Morgan fingerprint density at radius 3 is 2.69 bits per heavy atom. The molecule has 2 rings (SSSR count). The van der Waals surface area contributed by atoms with Crippen molar-refractivity contribution in [2.24, 2.45) is 23.7 Å². The van der Waals surface area contributed by atoms with Gasteiger partial charge in [-0.2, -0.15) is 0 Å². The zero-order chi connectivity index (χ0) is 9.26. The summed E-state index contributed by atoms with van der Waals surface area (Å²) in [5.74, 6) is 4.87. The predicted molar refractivity (Wildman–Crippen MR) is 58.1 cm³/mol. The van der Waals surface area contributed by atoms with Crippen molar-refractivity contribution < 1.29 is 0 Å². The van der Waals surface area contributed by atoms with E-state index >= 15 is 0 Å². The van der Waals surface area contributed by atoms with Crippen LogP contribution in [0.3, 0.4) is 0 Å². The smallest absolute Gasteiger partial charge is 0.0249 e. The maximum atomic E-state index is 5.82. The Morgan fingerprint density at radius 2 is 2.15 bits per heavy atom. The molecule has 0 aromatic rings. The van der Waals surface area contributed by atoms with Gasteiger partial charge in [-0.3, -0.25) is 0 Å². The summed E-state index contributed by atoms with van der Waals surface area (Å²) in [6.45, 7) is 2.28. The van der Waals surface area contributed by atoms with Crippen LogP contribution in [0.1, 0.15) is 45.4 Å². The van der Waals surface area contributed by atoms with Crippen molar-refractivity contribution in [3.63, 3.8) is 0 Å². The average molecular weight is 201 g/mol. The van der Waals surface area contributed by atoms with E-state index in [0.717, 1.165) is 29.6 Å². The molecule has 0 heterocycles. The molecule has 0 amide bonds. The van der Waals surface area contributed by atoms with Gasteiger partial charge in [0, 0.05) is 5.88 Å². The van der Waals surface area contributed by atoms with Crippen molar-refractivity contribution in [2.75, 3.05) is 5.88 Å². The molecule has 2 saturated carbocycles. The van der Waals surface area contributed by atoms with E-state index in [9.17, 15) is 0 Å². The molecular formula is C12H21Cl. The molecule has 13 heavy (non-hydrogen) atoms. The zero-order valence-electron chi connectivity index (χ0n) is 8.64. The van der Waals surface area contributed by atoms with Crippen LogP contribution in [-0.4, -0.2) is 5.88 Å². The minimum Gasteiger partial charge on any atom is -0.126 e. The summed E-state index contributed by atoms with van der Waals surface area (Å²) >= 11 is 5.82. The molecule has 4 unspecified atom stereocenters. The van der Waals surface area contributed by atoms with E-state index in [-0.39, 0.29) is 0 Å². The van der Waals surface area contributed by atoms with Gasteiger partial charge in [0.2, 0.25) is 0 Å². The SMILES string of the molecule is CC(CCl)CCC1CC2CCC1C2. The molecule has 2 fully saturated rings. The molecule has 2 aliphatic rings. The molecule has 0 spiro atoms. The minimum atomic E-state index is 0.737. The van der Waals surface area contributed by atoms with Crippen LogP contribution in [0.5, 0.6) is 0 Å². The summed E-state index contributed by atoms with van der Waals surface area (Å²) in [5.41, 5.74) is 0. The fourth-order valence-corrected chi connectivity index (χ4v) is 3.46. The maximum Gasteiger partial charge on any atom is 0.0249 e. The summed E-state index contributed by atoms with van der Waals surface area (Å²) in [4.78, 5) is 0. The van der Waals surface area contributed by atoms with E-state index in [4.69, 9.17) is 11.6 Å². The lowest BCUT2D eigenvalue weighted by atomic mass is 9.84. The summed E-state index contributed by atoms with van der Waals surface area (Å²) in [6.07, 6.45) is 8.98. The minimum absolute atomic E-state index is 0.737. The highest BCUT2D eigenvalue weighted by atomic mass is 35.5. The highest BCUT2D eigenvalue weighted by molar-refractivity contribution is 6.18. The Balaban J connectivity index is 1.71. The summed E-state index contributed by atoms with van der Waals surface area (Å²) < 4.78 is 0. The number of hydrogen-bond donors (Lipinski definition) is 0. The quantitative estimate of drug-likeness (QED) is 0.600. The van der Waals surface area contributed by atoms with Gasteiger partial charge in [-0.15, -0.1) is 11.6 Å². The Bertz CT molecular complexity index is 167. The third-order valence-electron chi connectivity index (χ3n) is 4.18. The maximum absolute atomic E-state index is 5.82. The van der Waals surface area contributed by atoms with Crippen molar-refractivity contribution >= 4 is 11.6 Å². The number of alkyl halides is 1. The molecule has 0 aromatic heterocycles. The Hall–Kier alpha value is 0.290. The highest BCUT2D eigenvalue weighted by Gasteiger charge is 2.38. The molecule has 0 saturated heterocycles. The van der Waals surface area contributed by atoms with Crippen LogP contribution in [0, 0.1) is 23.7 Å². The fraction of sp³-hybridized carbons (Fsp3) is 1.00. The van der Waals surface area contributed by atoms with Crippen molar-refractivity contribution in [2.45, 2.75) is 45.4 Å². The van der Waals surface area contributed by atoms with Crippen LogP contribution >= 0.6 is 11.6 Å². The van der Waals surface area contributed by atoms with E-state index in [1.807, 2.05) is 0 Å². The number of fused-ring (bicyclic) bond motifs is 2. The number of halogens is 1. The van der Waals surface area contributed by atoms with Crippen LogP contribution < -0.4 is 0 Å². The van der Waals surface area contributed by atoms with E-state index in [1.165, 1.54) is 25.7 Å². The number of hydrogen-bond acceptors (Lipinski definition) is 0. The molecule has 2 bridgehead atoms. The van der Waals surface area contributed by atoms with Crippen LogP contribution in [0.2, 0.25) is 0 Å². The normalized spacial score (nSPS) is 39.7. The Morgan fingerprint density at radius 1 is 1.31 bits per heavy atom. The largest absolute Gasteiger partial charge is 0.126 e. The molecule has 0 N–H and O–H groups in total. The first-order valence-electron chi connectivity index (χ1n) is 5.85. The lowest BCUT2D eigenvalue weighted by Gasteiger charge is -2.22. The molecule has 0 aromatic carbocycles. The van der Waals surface area contributed by atoms with E-state index in [0.29, 0.717) is 0 Å². The topological polar surface area (TPSA) is 0 Å². The molecule has 4 atom stereocenters. The highest BCUT2D eigenvalue weighted by Crippen LogP contribution is 2.50. The van der Waals surface area contributed by atoms with E-state index in [1.54, 1.807) is 12.8 Å². The predicted octanol–water partition coefficient (Wildman–Crippen LogP) is 4.08. The van der Waals surface area contributed by atoms with Crippen molar-refractivity contribution in [1.29, 1.82) is 0 Å². The second kappa shape index (κ2) is 4.21. The first-order valence-corrected chi connectivity index (χ1v) is 6.39. The first kappa shape index (κ1) is 9.83. The number of rotatable bonds is 4. The molecule has 0 nitrogen and oxygen atoms in total. The molecule has 1 heteroatoms. The van der Waals surface area contributed by atoms with Gasteiger partial charge in [0.05, 0.1) is 0 Å². The van der Waals surface area contributed by atoms with Gasteiger partial charge in [0.15, 0.2) is 0 Å². The fourth-order valence-electron chi connectivity index (χ4n) is 3.31. The van der Waals surface area contributed by atoms with Gasteiger partial charge in [0.1, 0.15) is 0 Å². The average Bonchev–Trinajstić information content (AvgIpc) is 2.74. The van der Waals surface area contributed by atoms with Crippen LogP contribution in [0.4, 0.5) is 0 Å². The van der Waals surface area contributed by atoms with Crippen LogP contribution in [-0.2, 0) is 0 Å². The van der Waals surface area contributed by atoms with Gasteiger partial charge in [0.25, 0.3) is 0 Å². The molecular weight excluding hydrogens is 180 g/mol. The standard InChI is InChI=1S/C12H21Cl/c1-9(8-13)2-4-11-6-10-3-5-12(11)7-10/h9-12H,2-8H2,1H3. The third-order valence-corrected chi connectivity index (χ3v) is 4.71. The zero-order valence-corrected chi connectivity index (χ0v) is 9.39. The second-order valence-electron chi connectivity index (χ2n) is 5.27. The van der Waals surface area contributed by atoms with Gasteiger partial charge >= 0.3 is 0 Å². The summed E-state index contributed by atoms with van der Waals surface area (Å²) in [7, 11) is 0. The summed E-state index contributed by atoms with van der Waals surface area (Å²) in [6, 6.07) is 0. The summed E-state index contributed by atoms with van der Waals surface area (Å²) in [5, 5.41) is 0. The van der Waals surface area contributed by atoms with E-state index in [2.05, 4.69) is 6.92 Å². The van der Waals surface area contributed by atoms with Gasteiger partial charge in [-0.25, -0.2) is 0 Å². The molecule has 76 valence electrons. The van der Waals surface area contributed by atoms with Gasteiger partial charge in [-0.05, 0) is 55.8 Å². The van der Waals surface area contributed by atoms with E-state index < -0.39 is 0 Å². The van der Waals surface area contributed by atoms with Crippen LogP contribution in [0.25, 0.3) is 0 Å². The Labute approximate surface area is 87.0 Å². The monoisotopic (exact) mass is 200 g/mol. The Kier molecular flexibility index (Phi) is 3.18. The van der Waals surface area contributed by atoms with Crippen molar-refractivity contribution in [3.05, 3.63) is 0 Å². The molecule has 2 aliphatic carbocycles. The van der Waals surface area contributed by atoms with Crippen LogP contribution in [0.15, 0.2) is 0 Å². The van der Waals surface area contributed by atoms with Crippen molar-refractivity contribution in [3.8, 4) is 0 Å². The molecule has 0 radical (unpaired) electrons. The van der Waals surface area contributed by atoms with Gasteiger partial charge < -0.3 is 0 Å².